The zero-order valence-electron chi connectivity index (χ0n) is 15.3. The lowest BCUT2D eigenvalue weighted by Crippen LogP contribution is -2.51. The SMILES string of the molecule is O=C([O-])c1cc2c(cc1NC(=O)C13CC4CC(CC(C4)C1)C3)OCCCO2. The van der Waals surface area contributed by atoms with E-state index < -0.39 is 5.97 Å². The summed E-state index contributed by atoms with van der Waals surface area (Å²) in [7, 11) is 0. The normalized spacial score (nSPS) is 33.4. The Hall–Kier alpha value is -2.24. The topological polar surface area (TPSA) is 87.7 Å². The Kier molecular flexibility index (Phi) is 3.85. The third-order valence-electron chi connectivity index (χ3n) is 6.88. The molecule has 144 valence electrons. The highest BCUT2D eigenvalue weighted by molar-refractivity contribution is 6.02. The molecular formula is C21H24NO5-. The van der Waals surface area contributed by atoms with Gasteiger partial charge in [0.25, 0.3) is 0 Å². The van der Waals surface area contributed by atoms with Crippen LogP contribution in [0.1, 0.15) is 55.3 Å². The van der Waals surface area contributed by atoms with E-state index >= 15 is 0 Å². The van der Waals surface area contributed by atoms with Crippen molar-refractivity contribution in [2.45, 2.75) is 44.9 Å². The number of hydrogen-bond acceptors (Lipinski definition) is 5. The molecule has 1 heterocycles. The third kappa shape index (κ3) is 2.86. The van der Waals surface area contributed by atoms with E-state index in [1.165, 1.54) is 25.3 Å². The first-order valence-electron chi connectivity index (χ1n) is 9.99. The molecule has 0 unspecified atom stereocenters. The molecule has 6 rings (SSSR count). The fraction of sp³-hybridized carbons (Fsp3) is 0.619. The average molecular weight is 370 g/mol. The number of carbonyl (C=O) groups excluding carboxylic acids is 2. The molecule has 1 aliphatic heterocycles. The molecule has 1 amide bonds. The summed E-state index contributed by atoms with van der Waals surface area (Å²) in [5, 5.41) is 14.6. The molecule has 4 aliphatic carbocycles. The van der Waals surface area contributed by atoms with Crippen molar-refractivity contribution in [3.8, 4) is 11.5 Å². The maximum Gasteiger partial charge on any atom is 0.230 e. The zero-order chi connectivity index (χ0) is 18.6. The Morgan fingerprint density at radius 1 is 0.963 bits per heavy atom. The molecule has 0 aromatic heterocycles. The monoisotopic (exact) mass is 370 g/mol. The van der Waals surface area contributed by atoms with E-state index in [0.29, 0.717) is 42.5 Å². The Morgan fingerprint density at radius 3 is 2.07 bits per heavy atom. The van der Waals surface area contributed by atoms with E-state index in [1.807, 2.05) is 0 Å². The van der Waals surface area contributed by atoms with Gasteiger partial charge in [0.1, 0.15) is 0 Å². The van der Waals surface area contributed by atoms with Gasteiger partial charge >= 0.3 is 0 Å². The lowest BCUT2D eigenvalue weighted by Gasteiger charge is -2.55. The molecule has 0 saturated heterocycles. The predicted octanol–water partition coefficient (Wildman–Crippen LogP) is 2.37. The van der Waals surface area contributed by atoms with Crippen LogP contribution in [0.15, 0.2) is 12.1 Å². The van der Waals surface area contributed by atoms with E-state index in [-0.39, 0.29) is 22.6 Å². The Labute approximate surface area is 158 Å². The fourth-order valence-corrected chi connectivity index (χ4v) is 6.12. The van der Waals surface area contributed by atoms with Gasteiger partial charge in [-0.3, -0.25) is 4.79 Å². The molecule has 0 atom stereocenters. The number of rotatable bonds is 3. The van der Waals surface area contributed by atoms with Crippen LogP contribution < -0.4 is 19.9 Å². The maximum atomic E-state index is 13.3. The van der Waals surface area contributed by atoms with Crippen LogP contribution in [0.2, 0.25) is 0 Å². The van der Waals surface area contributed by atoms with Gasteiger partial charge in [-0.1, -0.05) is 0 Å². The zero-order valence-corrected chi connectivity index (χ0v) is 15.3. The molecule has 4 bridgehead atoms. The molecule has 6 heteroatoms. The summed E-state index contributed by atoms with van der Waals surface area (Å²) in [4.78, 5) is 24.9. The second-order valence-corrected chi connectivity index (χ2v) is 8.83. The fourth-order valence-electron chi connectivity index (χ4n) is 6.12. The number of carbonyl (C=O) groups is 2. The Balaban J connectivity index is 1.45. The van der Waals surface area contributed by atoms with Gasteiger partial charge in [0.05, 0.1) is 30.3 Å². The molecule has 4 fully saturated rings. The van der Waals surface area contributed by atoms with Gasteiger partial charge in [0.2, 0.25) is 5.91 Å². The molecule has 0 spiro atoms. The van der Waals surface area contributed by atoms with Gasteiger partial charge in [-0.25, -0.2) is 0 Å². The van der Waals surface area contributed by atoms with Gasteiger partial charge in [0.15, 0.2) is 11.5 Å². The maximum absolute atomic E-state index is 13.3. The van der Waals surface area contributed by atoms with Crippen molar-refractivity contribution < 1.29 is 24.2 Å². The highest BCUT2D eigenvalue weighted by atomic mass is 16.5. The van der Waals surface area contributed by atoms with Crippen molar-refractivity contribution in [3.63, 3.8) is 0 Å². The lowest BCUT2D eigenvalue weighted by molar-refractivity contribution is -0.254. The largest absolute Gasteiger partial charge is 0.545 e. The molecule has 5 aliphatic rings. The van der Waals surface area contributed by atoms with E-state index in [0.717, 1.165) is 25.7 Å². The van der Waals surface area contributed by atoms with E-state index in [1.54, 1.807) is 6.07 Å². The molecule has 1 N–H and O–H groups in total. The number of fused-ring (bicyclic) bond motifs is 1. The summed E-state index contributed by atoms with van der Waals surface area (Å²) in [5.41, 5.74) is -0.153. The average Bonchev–Trinajstić information content (AvgIpc) is 2.84. The molecule has 4 saturated carbocycles. The summed E-state index contributed by atoms with van der Waals surface area (Å²) in [6, 6.07) is 2.98. The minimum Gasteiger partial charge on any atom is -0.545 e. The van der Waals surface area contributed by atoms with Crippen LogP contribution in [0, 0.1) is 23.2 Å². The number of carboxylic acid groups (broad SMARTS) is 1. The van der Waals surface area contributed by atoms with Crippen molar-refractivity contribution >= 4 is 17.6 Å². The van der Waals surface area contributed by atoms with Crippen LogP contribution in [0.5, 0.6) is 11.5 Å². The number of nitrogens with one attached hydrogen (secondary N) is 1. The highest BCUT2D eigenvalue weighted by Gasteiger charge is 2.54. The molecule has 1 aromatic rings. The minimum atomic E-state index is -1.33. The first-order valence-corrected chi connectivity index (χ1v) is 9.99. The molecule has 1 aromatic carbocycles. The first kappa shape index (κ1) is 16.9. The third-order valence-corrected chi connectivity index (χ3v) is 6.88. The van der Waals surface area contributed by atoms with Gasteiger partial charge in [-0.05, 0) is 62.3 Å². The summed E-state index contributed by atoms with van der Waals surface area (Å²) in [6.45, 7) is 0.971. The summed E-state index contributed by atoms with van der Waals surface area (Å²) in [6.07, 6.45) is 7.26. The van der Waals surface area contributed by atoms with Crippen LogP contribution in [-0.4, -0.2) is 25.1 Å². The van der Waals surface area contributed by atoms with E-state index in [4.69, 9.17) is 9.47 Å². The molecular weight excluding hydrogens is 346 g/mol. The quantitative estimate of drug-likeness (QED) is 0.882. The summed E-state index contributed by atoms with van der Waals surface area (Å²) < 4.78 is 11.2. The van der Waals surface area contributed by atoms with Gasteiger partial charge in [-0.15, -0.1) is 0 Å². The number of aromatic carboxylic acids is 1. The summed E-state index contributed by atoms with van der Waals surface area (Å²) >= 11 is 0. The van der Waals surface area contributed by atoms with E-state index in [2.05, 4.69) is 5.32 Å². The van der Waals surface area contributed by atoms with Crippen LogP contribution in [0.4, 0.5) is 5.69 Å². The predicted molar refractivity (Wildman–Crippen MR) is 95.6 cm³/mol. The number of carboxylic acids is 1. The Bertz CT molecular complexity index is 767. The molecule has 6 nitrogen and oxygen atoms in total. The number of anilines is 1. The molecule has 27 heavy (non-hydrogen) atoms. The number of hydrogen-bond donors (Lipinski definition) is 1. The second-order valence-electron chi connectivity index (χ2n) is 8.83. The standard InChI is InChI=1S/C21H25NO5/c23-19(24)15-7-17-18(27-3-1-2-26-17)8-16(15)22-20(25)21-9-12-4-13(10-21)6-14(5-12)11-21/h7-8,12-14H,1-6,9-11H2,(H,22,25)(H,23,24)/p-1. The van der Waals surface area contributed by atoms with Crippen molar-refractivity contribution in [1.82, 2.24) is 0 Å². The van der Waals surface area contributed by atoms with Crippen molar-refractivity contribution in [2.75, 3.05) is 18.5 Å². The van der Waals surface area contributed by atoms with Crippen molar-refractivity contribution in [2.24, 2.45) is 23.2 Å². The first-order chi connectivity index (χ1) is 13.0. The second kappa shape index (κ2) is 6.14. The Morgan fingerprint density at radius 2 is 1.52 bits per heavy atom. The van der Waals surface area contributed by atoms with Gasteiger partial charge in [0, 0.05) is 18.1 Å². The smallest absolute Gasteiger partial charge is 0.230 e. The summed E-state index contributed by atoms with van der Waals surface area (Å²) in [5.74, 6) is 1.42. The number of benzene rings is 1. The van der Waals surface area contributed by atoms with Crippen molar-refractivity contribution in [3.05, 3.63) is 17.7 Å². The van der Waals surface area contributed by atoms with E-state index in [9.17, 15) is 14.7 Å². The van der Waals surface area contributed by atoms with Gasteiger partial charge in [-0.2, -0.15) is 0 Å². The number of ether oxygens (including phenoxy) is 2. The molecule has 0 radical (unpaired) electrons. The minimum absolute atomic E-state index is 0.0430. The van der Waals surface area contributed by atoms with Crippen LogP contribution in [0.25, 0.3) is 0 Å². The highest BCUT2D eigenvalue weighted by Crippen LogP contribution is 2.60. The van der Waals surface area contributed by atoms with Crippen LogP contribution >= 0.6 is 0 Å². The van der Waals surface area contributed by atoms with Crippen LogP contribution in [-0.2, 0) is 4.79 Å². The van der Waals surface area contributed by atoms with Crippen LogP contribution in [0.3, 0.4) is 0 Å². The van der Waals surface area contributed by atoms with Gasteiger partial charge < -0.3 is 24.7 Å². The number of amides is 1. The lowest BCUT2D eigenvalue weighted by atomic mass is 9.49. The van der Waals surface area contributed by atoms with Crippen molar-refractivity contribution in [1.29, 1.82) is 0 Å².